The molecule has 1 amide bonds. The fraction of sp³-hybridized carbons (Fsp3) is 0.304. The maximum Gasteiger partial charge on any atom is 0.252 e. The molecule has 7 nitrogen and oxygen atoms in total. The van der Waals surface area contributed by atoms with E-state index < -0.39 is 0 Å². The normalized spacial score (nSPS) is 11.2. The third-order valence-corrected chi connectivity index (χ3v) is 5.41. The van der Waals surface area contributed by atoms with Gasteiger partial charge in [0.2, 0.25) is 0 Å². The number of hydrogen-bond acceptors (Lipinski definition) is 4. The molecule has 0 aliphatic heterocycles. The number of hydrogen-bond donors (Lipinski definition) is 1. The molecule has 0 aliphatic carbocycles. The molecule has 3 aromatic heterocycles. The van der Waals surface area contributed by atoms with Crippen molar-refractivity contribution in [3.63, 3.8) is 0 Å². The molecule has 30 heavy (non-hydrogen) atoms. The van der Waals surface area contributed by atoms with Crippen molar-refractivity contribution in [1.82, 2.24) is 29.9 Å². The van der Waals surface area contributed by atoms with E-state index in [1.165, 1.54) is 0 Å². The van der Waals surface area contributed by atoms with Crippen LogP contribution < -0.4 is 5.32 Å². The van der Waals surface area contributed by atoms with Crippen molar-refractivity contribution in [2.24, 2.45) is 7.05 Å². The molecule has 7 heteroatoms. The lowest BCUT2D eigenvalue weighted by Gasteiger charge is -2.11. The second kappa shape index (κ2) is 8.10. The van der Waals surface area contributed by atoms with Gasteiger partial charge in [-0.3, -0.25) is 14.2 Å². The molecule has 154 valence electrons. The summed E-state index contributed by atoms with van der Waals surface area (Å²) in [5, 5.41) is 12.7. The van der Waals surface area contributed by atoms with Crippen LogP contribution in [0.5, 0.6) is 0 Å². The standard InChI is InChI=1S/C23H26N6O/c1-15-12-16(2)29(27-15)11-7-10-24-23(30)19-13-22(20-14-25-28(4)17(20)3)26-21-9-6-5-8-18(19)21/h5-6,8-9,12-14H,7,10-11H2,1-4H3,(H,24,30). The van der Waals surface area contributed by atoms with Gasteiger partial charge in [-0.2, -0.15) is 10.2 Å². The summed E-state index contributed by atoms with van der Waals surface area (Å²) >= 11 is 0. The fourth-order valence-electron chi connectivity index (χ4n) is 3.68. The zero-order valence-corrected chi connectivity index (χ0v) is 17.8. The Hall–Kier alpha value is -3.48. The number of para-hydroxylation sites is 1. The summed E-state index contributed by atoms with van der Waals surface area (Å²) in [5.74, 6) is -0.0928. The first-order valence-corrected chi connectivity index (χ1v) is 10.1. The number of rotatable bonds is 6. The first-order chi connectivity index (χ1) is 14.4. The molecule has 0 saturated heterocycles. The second-order valence-electron chi connectivity index (χ2n) is 7.60. The Balaban J connectivity index is 1.55. The molecular weight excluding hydrogens is 376 g/mol. The van der Waals surface area contributed by atoms with Gasteiger partial charge >= 0.3 is 0 Å². The molecular formula is C23H26N6O. The molecule has 1 aromatic carbocycles. The SMILES string of the molecule is Cc1cc(C)n(CCCNC(=O)c2cc(-c3cnn(C)c3C)nc3ccccc23)n1. The molecule has 0 unspecified atom stereocenters. The van der Waals surface area contributed by atoms with E-state index in [0.29, 0.717) is 12.1 Å². The van der Waals surface area contributed by atoms with Crippen LogP contribution >= 0.6 is 0 Å². The van der Waals surface area contributed by atoms with Crippen LogP contribution in [-0.2, 0) is 13.6 Å². The number of carbonyl (C=O) groups excluding carboxylic acids is 1. The lowest BCUT2D eigenvalue weighted by atomic mass is 10.0. The van der Waals surface area contributed by atoms with Crippen molar-refractivity contribution in [1.29, 1.82) is 0 Å². The molecule has 3 heterocycles. The molecule has 0 radical (unpaired) electrons. The van der Waals surface area contributed by atoms with E-state index in [1.54, 1.807) is 6.20 Å². The highest BCUT2D eigenvalue weighted by molar-refractivity contribution is 6.07. The van der Waals surface area contributed by atoms with Crippen LogP contribution in [0.4, 0.5) is 0 Å². The number of nitrogens with one attached hydrogen (secondary N) is 1. The minimum Gasteiger partial charge on any atom is -0.352 e. The maximum absolute atomic E-state index is 13.0. The number of nitrogens with zero attached hydrogens (tertiary/aromatic N) is 5. The number of carbonyl (C=O) groups is 1. The summed E-state index contributed by atoms with van der Waals surface area (Å²) in [6.45, 7) is 7.38. The third kappa shape index (κ3) is 3.83. The van der Waals surface area contributed by atoms with Crippen LogP contribution in [0.15, 0.2) is 42.6 Å². The van der Waals surface area contributed by atoms with E-state index in [0.717, 1.165) is 52.2 Å². The molecule has 0 atom stereocenters. The van der Waals surface area contributed by atoms with Gasteiger partial charge in [0.1, 0.15) is 0 Å². The fourth-order valence-corrected chi connectivity index (χ4v) is 3.68. The van der Waals surface area contributed by atoms with Crippen LogP contribution in [-0.4, -0.2) is 37.0 Å². The van der Waals surface area contributed by atoms with E-state index in [-0.39, 0.29) is 5.91 Å². The monoisotopic (exact) mass is 402 g/mol. The van der Waals surface area contributed by atoms with E-state index in [2.05, 4.69) is 21.6 Å². The number of benzene rings is 1. The van der Waals surface area contributed by atoms with Crippen LogP contribution in [0, 0.1) is 20.8 Å². The highest BCUT2D eigenvalue weighted by Crippen LogP contribution is 2.26. The maximum atomic E-state index is 13.0. The first kappa shape index (κ1) is 19.8. The summed E-state index contributed by atoms with van der Waals surface area (Å²) < 4.78 is 3.79. The highest BCUT2D eigenvalue weighted by Gasteiger charge is 2.16. The number of pyridine rings is 1. The Kier molecular flexibility index (Phi) is 5.35. The van der Waals surface area contributed by atoms with Crippen LogP contribution in [0.3, 0.4) is 0 Å². The van der Waals surface area contributed by atoms with Gasteiger partial charge in [-0.15, -0.1) is 0 Å². The Morgan fingerprint density at radius 1 is 1.13 bits per heavy atom. The van der Waals surface area contributed by atoms with Crippen LogP contribution in [0.1, 0.15) is 33.9 Å². The molecule has 0 fully saturated rings. The number of amides is 1. The average Bonchev–Trinajstić information content (AvgIpc) is 3.24. The highest BCUT2D eigenvalue weighted by atomic mass is 16.1. The zero-order chi connectivity index (χ0) is 21.3. The molecule has 0 spiro atoms. The Labute approximate surface area is 175 Å². The van der Waals surface area contributed by atoms with Gasteiger partial charge < -0.3 is 5.32 Å². The average molecular weight is 403 g/mol. The van der Waals surface area contributed by atoms with Crippen molar-refractivity contribution in [2.45, 2.75) is 33.7 Å². The Bertz CT molecular complexity index is 1220. The van der Waals surface area contributed by atoms with Gasteiger partial charge in [-0.25, -0.2) is 4.98 Å². The quantitative estimate of drug-likeness (QED) is 0.500. The van der Waals surface area contributed by atoms with E-state index in [9.17, 15) is 4.79 Å². The summed E-state index contributed by atoms with van der Waals surface area (Å²) in [7, 11) is 1.90. The van der Waals surface area contributed by atoms with E-state index in [4.69, 9.17) is 4.98 Å². The summed E-state index contributed by atoms with van der Waals surface area (Å²) in [6, 6.07) is 11.7. The van der Waals surface area contributed by atoms with Gasteiger partial charge in [0.15, 0.2) is 0 Å². The molecule has 1 N–H and O–H groups in total. The predicted molar refractivity (Wildman–Crippen MR) is 117 cm³/mol. The lowest BCUT2D eigenvalue weighted by Crippen LogP contribution is -2.26. The van der Waals surface area contributed by atoms with E-state index >= 15 is 0 Å². The van der Waals surface area contributed by atoms with Crippen molar-refractivity contribution >= 4 is 16.8 Å². The molecule has 0 aliphatic rings. The molecule has 4 aromatic rings. The minimum atomic E-state index is -0.0928. The number of aryl methyl sites for hydroxylation is 4. The van der Waals surface area contributed by atoms with Gasteiger partial charge in [0.05, 0.1) is 28.7 Å². The van der Waals surface area contributed by atoms with Gasteiger partial charge in [0, 0.05) is 42.5 Å². The van der Waals surface area contributed by atoms with Crippen molar-refractivity contribution < 1.29 is 4.79 Å². The Morgan fingerprint density at radius 3 is 2.63 bits per heavy atom. The summed E-state index contributed by atoms with van der Waals surface area (Å²) in [5.41, 5.74) is 6.27. The number of fused-ring (bicyclic) bond motifs is 1. The number of aromatic nitrogens is 5. The van der Waals surface area contributed by atoms with Gasteiger partial charge in [-0.1, -0.05) is 18.2 Å². The molecule has 0 bridgehead atoms. The van der Waals surface area contributed by atoms with Crippen LogP contribution in [0.25, 0.3) is 22.2 Å². The summed E-state index contributed by atoms with van der Waals surface area (Å²) in [4.78, 5) is 17.8. The topological polar surface area (TPSA) is 77.6 Å². The van der Waals surface area contributed by atoms with Crippen molar-refractivity contribution in [3.8, 4) is 11.3 Å². The lowest BCUT2D eigenvalue weighted by molar-refractivity contribution is 0.0954. The van der Waals surface area contributed by atoms with E-state index in [1.807, 2.05) is 67.5 Å². The zero-order valence-electron chi connectivity index (χ0n) is 17.8. The first-order valence-electron chi connectivity index (χ1n) is 10.1. The Morgan fingerprint density at radius 2 is 1.93 bits per heavy atom. The smallest absolute Gasteiger partial charge is 0.252 e. The van der Waals surface area contributed by atoms with Crippen molar-refractivity contribution in [3.05, 3.63) is 65.2 Å². The predicted octanol–water partition coefficient (Wildman–Crippen LogP) is 3.58. The van der Waals surface area contributed by atoms with Crippen LogP contribution in [0.2, 0.25) is 0 Å². The third-order valence-electron chi connectivity index (χ3n) is 5.41. The largest absolute Gasteiger partial charge is 0.352 e. The van der Waals surface area contributed by atoms with Gasteiger partial charge in [0.25, 0.3) is 5.91 Å². The molecule has 4 rings (SSSR count). The second-order valence-corrected chi connectivity index (χ2v) is 7.60. The van der Waals surface area contributed by atoms with Crippen molar-refractivity contribution in [2.75, 3.05) is 6.54 Å². The minimum absolute atomic E-state index is 0.0928. The molecule has 0 saturated carbocycles. The van der Waals surface area contributed by atoms with Gasteiger partial charge in [-0.05, 0) is 45.4 Å². The summed E-state index contributed by atoms with van der Waals surface area (Å²) in [6.07, 6.45) is 2.60.